The molecule has 0 aliphatic heterocycles. The molecule has 4 N–H and O–H groups in total. The number of aliphatic hydroxyl groups excluding tert-OH is 1. The van der Waals surface area contributed by atoms with E-state index in [0.717, 1.165) is 16.8 Å². The van der Waals surface area contributed by atoms with E-state index in [1.54, 1.807) is 43.5 Å². The second-order valence-corrected chi connectivity index (χ2v) is 9.12. The molecule has 174 valence electrons. The highest BCUT2D eigenvalue weighted by atomic mass is 32.2. The molecule has 0 aromatic heterocycles. The molecule has 0 heterocycles. The predicted octanol–water partition coefficient (Wildman–Crippen LogP) is 2.96. The zero-order chi connectivity index (χ0) is 23.8. The Morgan fingerprint density at radius 2 is 1.52 bits per heavy atom. The number of hydrogen-bond acceptors (Lipinski definition) is 6. The van der Waals surface area contributed by atoms with Gasteiger partial charge in [0.25, 0.3) is 0 Å². The summed E-state index contributed by atoms with van der Waals surface area (Å²) in [5.41, 5.74) is 2.44. The summed E-state index contributed by atoms with van der Waals surface area (Å²) in [7, 11) is -2.53. The lowest BCUT2D eigenvalue weighted by Crippen LogP contribution is -2.43. The number of anilines is 1. The minimum Gasteiger partial charge on any atom is -0.497 e. The molecule has 0 radical (unpaired) electrons. The van der Waals surface area contributed by atoms with Crippen molar-refractivity contribution < 1.29 is 28.2 Å². The van der Waals surface area contributed by atoms with Crippen molar-refractivity contribution in [2.45, 2.75) is 23.5 Å². The highest BCUT2D eigenvalue weighted by Gasteiger charge is 2.27. The number of carbonyl (C=O) groups is 1. The smallest absolute Gasteiger partial charge is 0.321 e. The number of hydrogen-bond donors (Lipinski definition) is 4. The van der Waals surface area contributed by atoms with E-state index in [0.29, 0.717) is 5.75 Å². The number of methoxy groups -OCH3 is 1. The fourth-order valence-electron chi connectivity index (χ4n) is 3.21. The van der Waals surface area contributed by atoms with Gasteiger partial charge in [0.2, 0.25) is 10.0 Å². The van der Waals surface area contributed by atoms with Gasteiger partial charge in [-0.05, 0) is 47.5 Å². The molecular weight excluding hydrogens is 444 g/mol. The molecule has 1 unspecified atom stereocenters. The van der Waals surface area contributed by atoms with E-state index in [-0.39, 0.29) is 17.9 Å². The van der Waals surface area contributed by atoms with Crippen LogP contribution in [0.2, 0.25) is 0 Å². The van der Waals surface area contributed by atoms with Gasteiger partial charge in [0.15, 0.2) is 0 Å². The van der Waals surface area contributed by atoms with Crippen molar-refractivity contribution in [3.05, 3.63) is 78.9 Å². The van der Waals surface area contributed by atoms with Crippen molar-refractivity contribution in [2.75, 3.05) is 19.0 Å². The molecule has 0 saturated carbocycles. The number of ether oxygens (including phenoxy) is 1. The summed E-state index contributed by atoms with van der Waals surface area (Å²) in [6, 6.07) is 21.0. The molecule has 0 fully saturated rings. The number of para-hydroxylation sites is 1. The van der Waals surface area contributed by atoms with Crippen molar-refractivity contribution in [2.24, 2.45) is 0 Å². The lowest BCUT2D eigenvalue weighted by atomic mass is 10.1. The first-order chi connectivity index (χ1) is 15.8. The van der Waals surface area contributed by atoms with Gasteiger partial charge >= 0.3 is 5.97 Å². The second kappa shape index (κ2) is 11.0. The van der Waals surface area contributed by atoms with Gasteiger partial charge < -0.3 is 20.3 Å². The molecule has 2 atom stereocenters. The largest absolute Gasteiger partial charge is 0.497 e. The number of nitrogens with one attached hydrogen (secondary N) is 2. The van der Waals surface area contributed by atoms with E-state index in [1.165, 1.54) is 12.1 Å². The minimum atomic E-state index is -4.11. The highest BCUT2D eigenvalue weighted by Crippen LogP contribution is 2.24. The number of carboxylic acids is 1. The number of sulfonamides is 1. The Balaban J connectivity index is 1.65. The van der Waals surface area contributed by atoms with Crippen molar-refractivity contribution in [1.29, 1.82) is 0 Å². The Bertz CT molecular complexity index is 1150. The summed E-state index contributed by atoms with van der Waals surface area (Å²) < 4.78 is 32.8. The van der Waals surface area contributed by atoms with Crippen molar-refractivity contribution in [3.63, 3.8) is 0 Å². The van der Waals surface area contributed by atoms with Gasteiger partial charge in [-0.1, -0.05) is 42.5 Å². The van der Waals surface area contributed by atoms with Crippen LogP contribution in [0.25, 0.3) is 11.1 Å². The van der Waals surface area contributed by atoms with Crippen LogP contribution in [0.15, 0.2) is 83.8 Å². The van der Waals surface area contributed by atoms with Gasteiger partial charge in [-0.25, -0.2) is 8.42 Å². The number of aliphatic carboxylic acids is 1. The van der Waals surface area contributed by atoms with Gasteiger partial charge in [0, 0.05) is 18.7 Å². The monoisotopic (exact) mass is 470 g/mol. The third-order valence-electron chi connectivity index (χ3n) is 5.01. The van der Waals surface area contributed by atoms with Crippen LogP contribution in [0.1, 0.15) is 6.42 Å². The molecule has 3 aromatic rings. The van der Waals surface area contributed by atoms with Crippen molar-refractivity contribution in [3.8, 4) is 16.9 Å². The van der Waals surface area contributed by atoms with Crippen LogP contribution in [0.3, 0.4) is 0 Å². The second-order valence-electron chi connectivity index (χ2n) is 7.40. The van der Waals surface area contributed by atoms with Crippen LogP contribution in [0.4, 0.5) is 5.69 Å². The first-order valence-electron chi connectivity index (χ1n) is 10.2. The van der Waals surface area contributed by atoms with E-state index in [4.69, 9.17) is 4.74 Å². The Labute approximate surface area is 192 Å². The SMILES string of the molecule is COc1ccc(-c2ccc(S(=O)(=O)NC(C[C@@H](O)CNc3ccccc3)C(=O)O)cc2)cc1. The zero-order valence-electron chi connectivity index (χ0n) is 18.0. The van der Waals surface area contributed by atoms with Gasteiger partial charge in [0.05, 0.1) is 18.1 Å². The van der Waals surface area contributed by atoms with E-state index in [1.807, 2.05) is 30.3 Å². The summed E-state index contributed by atoms with van der Waals surface area (Å²) in [6.07, 6.45) is -1.37. The molecule has 8 nitrogen and oxygen atoms in total. The summed E-state index contributed by atoms with van der Waals surface area (Å²) in [5.74, 6) is -0.657. The third kappa shape index (κ3) is 6.79. The molecule has 0 amide bonds. The van der Waals surface area contributed by atoms with Crippen LogP contribution < -0.4 is 14.8 Å². The molecule has 9 heteroatoms. The van der Waals surface area contributed by atoms with Crippen LogP contribution in [0, 0.1) is 0 Å². The van der Waals surface area contributed by atoms with E-state index >= 15 is 0 Å². The van der Waals surface area contributed by atoms with Crippen LogP contribution in [-0.4, -0.2) is 50.4 Å². The van der Waals surface area contributed by atoms with E-state index in [2.05, 4.69) is 10.0 Å². The Kier molecular flexibility index (Phi) is 8.05. The van der Waals surface area contributed by atoms with Gasteiger partial charge in [-0.15, -0.1) is 0 Å². The normalized spacial score (nSPS) is 13.2. The standard InChI is InChI=1S/C24H26N2O6S/c1-32-21-11-7-17(8-12-21)18-9-13-22(14-10-18)33(30,31)26-23(24(28)29)15-20(27)16-25-19-5-3-2-4-6-19/h2-14,20,23,25-27H,15-16H2,1H3,(H,28,29)/t20-,23?/m1/s1. The average molecular weight is 471 g/mol. The third-order valence-corrected chi connectivity index (χ3v) is 6.49. The predicted molar refractivity (Wildman–Crippen MR) is 126 cm³/mol. The quantitative estimate of drug-likeness (QED) is 0.340. The summed E-state index contributed by atoms with van der Waals surface area (Å²) in [6.45, 7) is 0.0755. The van der Waals surface area contributed by atoms with Gasteiger partial charge in [0.1, 0.15) is 11.8 Å². The molecule has 0 saturated heterocycles. The summed E-state index contributed by atoms with van der Waals surface area (Å²) in [4.78, 5) is 11.6. The van der Waals surface area contributed by atoms with E-state index < -0.39 is 28.1 Å². The zero-order valence-corrected chi connectivity index (χ0v) is 18.8. The lowest BCUT2D eigenvalue weighted by Gasteiger charge is -2.19. The lowest BCUT2D eigenvalue weighted by molar-refractivity contribution is -0.139. The highest BCUT2D eigenvalue weighted by molar-refractivity contribution is 7.89. The van der Waals surface area contributed by atoms with Crippen LogP contribution >= 0.6 is 0 Å². The number of aliphatic hydroxyl groups is 1. The fourth-order valence-corrected chi connectivity index (χ4v) is 4.41. The maximum atomic E-state index is 12.8. The Morgan fingerprint density at radius 3 is 2.06 bits per heavy atom. The molecule has 33 heavy (non-hydrogen) atoms. The molecular formula is C24H26N2O6S. The molecule has 0 spiro atoms. The number of carboxylic acid groups (broad SMARTS) is 1. The fraction of sp³-hybridized carbons (Fsp3) is 0.208. The van der Waals surface area contributed by atoms with Crippen LogP contribution in [-0.2, 0) is 14.8 Å². The Hall–Kier alpha value is -3.40. The van der Waals surface area contributed by atoms with E-state index in [9.17, 15) is 23.4 Å². The topological polar surface area (TPSA) is 125 Å². The maximum absolute atomic E-state index is 12.8. The van der Waals surface area contributed by atoms with Crippen LogP contribution in [0.5, 0.6) is 5.75 Å². The van der Waals surface area contributed by atoms with Crippen molar-refractivity contribution in [1.82, 2.24) is 4.72 Å². The molecule has 0 aliphatic carbocycles. The van der Waals surface area contributed by atoms with Crippen molar-refractivity contribution >= 4 is 21.7 Å². The summed E-state index contributed by atoms with van der Waals surface area (Å²) in [5, 5.41) is 22.7. The summed E-state index contributed by atoms with van der Waals surface area (Å²) >= 11 is 0. The van der Waals surface area contributed by atoms with Gasteiger partial charge in [-0.2, -0.15) is 4.72 Å². The minimum absolute atomic E-state index is 0.0667. The molecule has 3 aromatic carbocycles. The first-order valence-corrected chi connectivity index (χ1v) is 11.7. The molecule has 3 rings (SSSR count). The number of benzene rings is 3. The molecule has 0 bridgehead atoms. The first kappa shape index (κ1) is 24.2. The Morgan fingerprint density at radius 1 is 0.939 bits per heavy atom. The average Bonchev–Trinajstić information content (AvgIpc) is 2.83. The maximum Gasteiger partial charge on any atom is 0.321 e. The number of rotatable bonds is 11. The van der Waals surface area contributed by atoms with Gasteiger partial charge in [-0.3, -0.25) is 4.79 Å². The molecule has 0 aliphatic rings.